The first-order valence-corrected chi connectivity index (χ1v) is 13.5. The second-order valence-corrected chi connectivity index (χ2v) is 11.5. The number of hydrogen-bond donors (Lipinski definition) is 4. The van der Waals surface area contributed by atoms with Gasteiger partial charge in [0.15, 0.2) is 0 Å². The van der Waals surface area contributed by atoms with Crippen molar-refractivity contribution in [1.82, 2.24) is 0 Å². The fourth-order valence-electron chi connectivity index (χ4n) is 3.31. The van der Waals surface area contributed by atoms with Gasteiger partial charge < -0.3 is 34.0 Å². The molecule has 192 valence electrons. The van der Waals surface area contributed by atoms with Crippen molar-refractivity contribution in [2.24, 2.45) is 0 Å². The van der Waals surface area contributed by atoms with Gasteiger partial charge in [-0.15, -0.1) is 0 Å². The largest absolute Gasteiger partial charge is 0.463 e. The number of hydrogen-bond acceptors (Lipinski definition) is 6. The van der Waals surface area contributed by atoms with E-state index < -0.39 is 31.8 Å². The van der Waals surface area contributed by atoms with Crippen LogP contribution in [-0.2, 0) is 18.8 Å². The lowest BCUT2D eigenvalue weighted by Gasteiger charge is -2.35. The Hall–Kier alpha value is -0.540. The van der Waals surface area contributed by atoms with Gasteiger partial charge in [0.1, 0.15) is 19.3 Å². The van der Waals surface area contributed by atoms with Crippen molar-refractivity contribution in [1.29, 1.82) is 0 Å². The molecule has 0 amide bonds. The zero-order chi connectivity index (χ0) is 24.7. The van der Waals surface area contributed by atoms with Crippen LogP contribution in [0.15, 0.2) is 0 Å². The molecule has 0 aromatic heterocycles. The topological polar surface area (TPSA) is 134 Å². The predicted octanol–water partition coefficient (Wildman–Crippen LogP) is 3.14. The maximum Gasteiger partial charge on any atom is 0.390 e. The van der Waals surface area contributed by atoms with Gasteiger partial charge in [-0.3, -0.25) is 9.36 Å². The molecule has 0 rings (SSSR count). The van der Waals surface area contributed by atoms with Crippen LogP contribution in [0.3, 0.4) is 0 Å². The van der Waals surface area contributed by atoms with E-state index >= 15 is 0 Å². The van der Waals surface area contributed by atoms with Gasteiger partial charge in [0.25, 0.3) is 0 Å². The minimum atomic E-state index is -5.02. The van der Waals surface area contributed by atoms with E-state index in [-0.39, 0.29) is 24.1 Å². The molecule has 0 saturated carbocycles. The van der Waals surface area contributed by atoms with E-state index in [0.717, 1.165) is 19.3 Å². The molecule has 0 aromatic carbocycles. The van der Waals surface area contributed by atoms with Gasteiger partial charge in [0.05, 0.1) is 27.7 Å². The fraction of sp³-hybridized carbons (Fsp3) is 0.955. The van der Waals surface area contributed by atoms with Crippen LogP contribution >= 0.6 is 7.60 Å². The Morgan fingerprint density at radius 3 is 1.81 bits per heavy atom. The summed E-state index contributed by atoms with van der Waals surface area (Å²) in [6.45, 7) is 0.893. The molecule has 0 radical (unpaired) electrons. The highest BCUT2D eigenvalue weighted by Gasteiger charge is 2.51. The summed E-state index contributed by atoms with van der Waals surface area (Å²) >= 11 is 0. The molecule has 9 nitrogen and oxygen atoms in total. The van der Waals surface area contributed by atoms with Crippen LogP contribution in [-0.4, -0.2) is 83.0 Å². The van der Waals surface area contributed by atoms with Crippen molar-refractivity contribution < 1.29 is 43.3 Å². The second-order valence-electron chi connectivity index (χ2n) is 9.67. The summed E-state index contributed by atoms with van der Waals surface area (Å²) in [6.07, 6.45) is 12.0. The number of carbonyl (C=O) groups excluding carboxylic acids is 1. The van der Waals surface area contributed by atoms with Gasteiger partial charge in [0.2, 0.25) is 0 Å². The Bertz CT molecular complexity index is 549. The smallest absolute Gasteiger partial charge is 0.390 e. The zero-order valence-electron chi connectivity index (χ0n) is 20.5. The minimum absolute atomic E-state index is 0.0334. The Morgan fingerprint density at radius 2 is 1.38 bits per heavy atom. The van der Waals surface area contributed by atoms with E-state index in [2.05, 4.69) is 6.92 Å². The highest BCUT2D eigenvalue weighted by Crippen LogP contribution is 2.50. The first-order chi connectivity index (χ1) is 14.8. The normalized spacial score (nSPS) is 15.4. The van der Waals surface area contributed by atoms with Crippen molar-refractivity contribution in [2.75, 3.05) is 40.9 Å². The van der Waals surface area contributed by atoms with Crippen LogP contribution in [0.2, 0.25) is 0 Å². The SMILES string of the molecule is CCCCCCCCCCCCCC(=O)OCC(O)COC(O)(C[N+](C)(C)C)P(=O)(O)O. The molecule has 2 unspecified atom stereocenters. The third kappa shape index (κ3) is 16.1. The first-order valence-electron chi connectivity index (χ1n) is 11.9. The maximum absolute atomic E-state index is 11.8. The minimum Gasteiger partial charge on any atom is -0.463 e. The molecule has 10 heteroatoms. The lowest BCUT2D eigenvalue weighted by molar-refractivity contribution is -0.878. The van der Waals surface area contributed by atoms with Gasteiger partial charge in [-0.2, -0.15) is 0 Å². The summed E-state index contributed by atoms with van der Waals surface area (Å²) in [5, 5.41) is 20.2. The molecule has 0 bridgehead atoms. The van der Waals surface area contributed by atoms with Crippen molar-refractivity contribution in [3.8, 4) is 0 Å². The average molecular weight is 485 g/mol. The summed E-state index contributed by atoms with van der Waals surface area (Å²) in [7, 11) is -0.108. The van der Waals surface area contributed by atoms with Gasteiger partial charge in [-0.25, -0.2) is 0 Å². The van der Waals surface area contributed by atoms with Crippen molar-refractivity contribution >= 4 is 13.6 Å². The number of unbranched alkanes of at least 4 members (excludes halogenated alkanes) is 10. The summed E-state index contributed by atoms with van der Waals surface area (Å²) < 4.78 is 21.6. The van der Waals surface area contributed by atoms with Crippen LogP contribution in [0.1, 0.15) is 84.0 Å². The molecule has 0 heterocycles. The summed E-state index contributed by atoms with van der Waals surface area (Å²) in [5.41, 5.74) is -2.73. The third-order valence-corrected chi connectivity index (χ3v) is 6.24. The number of nitrogens with zero attached hydrogens (tertiary/aromatic N) is 1. The molecule has 0 aromatic rings. The lowest BCUT2D eigenvalue weighted by atomic mass is 10.1. The van der Waals surface area contributed by atoms with E-state index in [1.807, 2.05) is 0 Å². The second kappa shape index (κ2) is 16.1. The molecular formula is C22H47NO8P+. The Balaban J connectivity index is 3.94. The number of esters is 1. The van der Waals surface area contributed by atoms with E-state index in [1.165, 1.54) is 51.4 Å². The van der Waals surface area contributed by atoms with Crippen molar-refractivity contribution in [2.45, 2.75) is 95.6 Å². The van der Waals surface area contributed by atoms with Gasteiger partial charge in [-0.05, 0) is 6.42 Å². The zero-order valence-corrected chi connectivity index (χ0v) is 21.4. The summed E-state index contributed by atoms with van der Waals surface area (Å²) in [6, 6.07) is 0. The highest BCUT2D eigenvalue weighted by molar-refractivity contribution is 7.53. The number of aliphatic hydroxyl groups excluding tert-OH is 1. The summed E-state index contributed by atoms with van der Waals surface area (Å²) in [5.74, 6) is -0.434. The molecule has 0 aliphatic heterocycles. The monoisotopic (exact) mass is 484 g/mol. The number of rotatable bonds is 20. The maximum atomic E-state index is 11.8. The van der Waals surface area contributed by atoms with E-state index in [4.69, 9.17) is 9.47 Å². The molecule has 2 atom stereocenters. The van der Waals surface area contributed by atoms with Crippen LogP contribution < -0.4 is 0 Å². The van der Waals surface area contributed by atoms with Gasteiger partial charge in [-0.1, -0.05) is 71.1 Å². The average Bonchev–Trinajstić information content (AvgIpc) is 2.66. The molecule has 0 aliphatic rings. The number of quaternary nitrogens is 1. The van der Waals surface area contributed by atoms with E-state index in [0.29, 0.717) is 0 Å². The molecular weight excluding hydrogens is 437 g/mol. The third-order valence-electron chi connectivity index (χ3n) is 5.06. The summed E-state index contributed by atoms with van der Waals surface area (Å²) in [4.78, 5) is 30.7. The standard InChI is InChI=1S/C22H46NO8P/c1-5-6-7-8-9-10-11-12-13-14-15-16-21(25)30-17-20(24)18-31-22(26,32(27,28)29)19-23(2,3)4/h20,24,26H,5-19H2,1-4H3,(H-,27,28,29)/p+1. The fourth-order valence-corrected chi connectivity index (χ4v) is 4.16. The van der Waals surface area contributed by atoms with Crippen LogP contribution in [0.4, 0.5) is 0 Å². The van der Waals surface area contributed by atoms with Crippen molar-refractivity contribution in [3.05, 3.63) is 0 Å². The van der Waals surface area contributed by atoms with Gasteiger partial charge in [0, 0.05) is 6.42 Å². The Labute approximate surface area is 193 Å². The quantitative estimate of drug-likeness (QED) is 0.0681. The molecule has 0 aliphatic carbocycles. The predicted molar refractivity (Wildman–Crippen MR) is 124 cm³/mol. The number of ether oxygens (including phenoxy) is 2. The number of aliphatic hydroxyl groups is 2. The van der Waals surface area contributed by atoms with Crippen LogP contribution in [0.5, 0.6) is 0 Å². The van der Waals surface area contributed by atoms with Crippen LogP contribution in [0, 0.1) is 0 Å². The Kier molecular flexibility index (Phi) is 15.9. The van der Waals surface area contributed by atoms with Crippen LogP contribution in [0.25, 0.3) is 0 Å². The molecule has 0 saturated heterocycles. The number of carbonyl (C=O) groups is 1. The van der Waals surface area contributed by atoms with E-state index in [9.17, 15) is 29.4 Å². The molecule has 4 N–H and O–H groups in total. The molecule has 0 spiro atoms. The van der Waals surface area contributed by atoms with Crippen molar-refractivity contribution in [3.63, 3.8) is 0 Å². The molecule has 32 heavy (non-hydrogen) atoms. The lowest BCUT2D eigenvalue weighted by Crippen LogP contribution is -2.51. The highest BCUT2D eigenvalue weighted by atomic mass is 31.2. The molecule has 0 fully saturated rings. The number of likely N-dealkylation sites (N-methyl/N-ethyl adjacent to an activating group) is 1. The van der Waals surface area contributed by atoms with Gasteiger partial charge >= 0.3 is 19.1 Å². The first kappa shape index (κ1) is 31.5. The van der Waals surface area contributed by atoms with E-state index in [1.54, 1.807) is 21.1 Å². The Morgan fingerprint density at radius 1 is 0.906 bits per heavy atom.